The van der Waals surface area contributed by atoms with Crippen molar-refractivity contribution in [3.8, 4) is 0 Å². The first-order chi connectivity index (χ1) is 31.5. The number of nitrogens with one attached hydrogen (secondary N) is 1. The van der Waals surface area contributed by atoms with Crippen molar-refractivity contribution in [2.24, 2.45) is 0 Å². The van der Waals surface area contributed by atoms with Crippen molar-refractivity contribution in [1.29, 1.82) is 0 Å². The first-order valence-electron chi connectivity index (χ1n) is 26.8. The highest BCUT2D eigenvalue weighted by atomic mass is 31.2. The third kappa shape index (κ3) is 49.7. The minimum atomic E-state index is -4.61. The number of hydrogen-bond donors (Lipinski definition) is 2. The van der Waals surface area contributed by atoms with E-state index in [1.54, 1.807) is 6.08 Å². The predicted octanol–water partition coefficient (Wildman–Crippen LogP) is 15.3. The Hall–Kier alpha value is -2.06. The normalized spacial score (nSPS) is 14.6. The fraction of sp³-hybridized carbons (Fsp3) is 0.768. The first kappa shape index (κ1) is 62.9. The first-order valence-corrected chi connectivity index (χ1v) is 28.3. The summed E-state index contributed by atoms with van der Waals surface area (Å²) in [6.07, 6.45) is 64.0. The number of nitrogens with zero attached hydrogens (tertiary/aromatic N) is 1. The third-order valence-electron chi connectivity index (χ3n) is 11.6. The molecule has 0 saturated heterocycles. The molecule has 378 valence electrons. The Morgan fingerprint density at radius 2 is 0.908 bits per heavy atom. The van der Waals surface area contributed by atoms with E-state index in [0.29, 0.717) is 17.4 Å². The van der Waals surface area contributed by atoms with E-state index in [1.165, 1.54) is 141 Å². The number of phosphoric acid groups is 1. The molecule has 0 bridgehead atoms. The van der Waals surface area contributed by atoms with Crippen LogP contribution in [0.3, 0.4) is 0 Å². The number of unbranched alkanes of at least 4 members (excludes halogenated alkanes) is 25. The lowest BCUT2D eigenvalue weighted by Crippen LogP contribution is -2.45. The number of quaternary nitrogens is 1. The van der Waals surface area contributed by atoms with Gasteiger partial charge in [-0.2, -0.15) is 0 Å². The molecule has 3 atom stereocenters. The molecule has 0 rings (SSSR count). The molecule has 3 unspecified atom stereocenters. The maximum atomic E-state index is 12.9. The van der Waals surface area contributed by atoms with Crippen molar-refractivity contribution in [1.82, 2.24) is 5.32 Å². The quantitative estimate of drug-likeness (QED) is 0.0272. The molecule has 0 radical (unpaired) electrons. The van der Waals surface area contributed by atoms with Gasteiger partial charge in [-0.15, -0.1) is 0 Å². The zero-order chi connectivity index (χ0) is 47.8. The Bertz CT molecular complexity index is 1290. The molecule has 65 heavy (non-hydrogen) atoms. The molecule has 1 amide bonds. The van der Waals surface area contributed by atoms with Gasteiger partial charge in [-0.1, -0.05) is 209 Å². The van der Waals surface area contributed by atoms with Gasteiger partial charge in [0.2, 0.25) is 5.91 Å². The van der Waals surface area contributed by atoms with Crippen molar-refractivity contribution in [2.75, 3.05) is 40.9 Å². The second-order valence-corrected chi connectivity index (χ2v) is 20.6. The van der Waals surface area contributed by atoms with Crippen LogP contribution < -0.4 is 10.2 Å². The molecule has 8 nitrogen and oxygen atoms in total. The maximum absolute atomic E-state index is 12.9. The van der Waals surface area contributed by atoms with Crippen LogP contribution in [0.15, 0.2) is 72.9 Å². The molecule has 0 saturated carbocycles. The van der Waals surface area contributed by atoms with E-state index in [2.05, 4.69) is 79.9 Å². The molecule has 2 N–H and O–H groups in total. The summed E-state index contributed by atoms with van der Waals surface area (Å²) in [7, 11) is 1.23. The number of carbonyl (C=O) groups is 1. The van der Waals surface area contributed by atoms with Gasteiger partial charge in [-0.05, 0) is 83.5 Å². The number of likely N-dealkylation sites (N-methyl/N-ethyl adjacent to an activating group) is 1. The Kier molecular flexibility index (Phi) is 45.5. The van der Waals surface area contributed by atoms with E-state index in [9.17, 15) is 19.4 Å². The second-order valence-electron chi connectivity index (χ2n) is 19.2. The van der Waals surface area contributed by atoms with Crippen LogP contribution in [0.5, 0.6) is 0 Å². The Labute approximate surface area is 402 Å². The van der Waals surface area contributed by atoms with E-state index < -0.39 is 26.6 Å². The molecular formula is C56H103N2O6P. The molecule has 0 fully saturated rings. The van der Waals surface area contributed by atoms with Crippen LogP contribution >= 0.6 is 7.82 Å². The van der Waals surface area contributed by atoms with Gasteiger partial charge in [0.25, 0.3) is 7.82 Å². The van der Waals surface area contributed by atoms with Gasteiger partial charge in [-0.3, -0.25) is 9.36 Å². The van der Waals surface area contributed by atoms with Gasteiger partial charge in [0.05, 0.1) is 39.9 Å². The van der Waals surface area contributed by atoms with E-state index in [-0.39, 0.29) is 12.5 Å². The summed E-state index contributed by atoms with van der Waals surface area (Å²) in [4.78, 5) is 25.4. The highest BCUT2D eigenvalue weighted by Crippen LogP contribution is 2.38. The lowest BCUT2D eigenvalue weighted by atomic mass is 10.0. The van der Waals surface area contributed by atoms with Gasteiger partial charge in [0, 0.05) is 6.42 Å². The van der Waals surface area contributed by atoms with Crippen LogP contribution in [0.4, 0.5) is 0 Å². The summed E-state index contributed by atoms with van der Waals surface area (Å²) in [5.74, 6) is -0.214. The molecule has 0 spiro atoms. The SMILES string of the molecule is CCCCCC/C=C/CC/C=C/CC/C=C/C(O)C(COP(=O)([O-])OCC[N+](C)(C)C)NC(=O)CCCCCCCCCCCCCCCC/C=C\C/C=C\C/C=C\CCCCCCC. The van der Waals surface area contributed by atoms with E-state index >= 15 is 0 Å². The average Bonchev–Trinajstić information content (AvgIpc) is 3.26. The number of aliphatic hydroxyl groups is 1. The van der Waals surface area contributed by atoms with Crippen molar-refractivity contribution >= 4 is 13.7 Å². The number of allylic oxidation sites excluding steroid dienone is 11. The smallest absolute Gasteiger partial charge is 0.268 e. The maximum Gasteiger partial charge on any atom is 0.268 e. The molecular weight excluding hydrogens is 828 g/mol. The van der Waals surface area contributed by atoms with Crippen LogP contribution in [0.2, 0.25) is 0 Å². The summed E-state index contributed by atoms with van der Waals surface area (Å²) < 4.78 is 23.2. The van der Waals surface area contributed by atoms with Gasteiger partial charge in [0.15, 0.2) is 0 Å². The Balaban J connectivity index is 4.19. The molecule has 9 heteroatoms. The van der Waals surface area contributed by atoms with Crippen molar-refractivity contribution in [2.45, 2.75) is 238 Å². The number of hydrogen-bond acceptors (Lipinski definition) is 6. The number of rotatable bonds is 48. The van der Waals surface area contributed by atoms with Crippen molar-refractivity contribution in [3.05, 3.63) is 72.9 Å². The predicted molar refractivity (Wildman–Crippen MR) is 279 cm³/mol. The van der Waals surface area contributed by atoms with Gasteiger partial charge >= 0.3 is 0 Å². The number of carbonyl (C=O) groups excluding carboxylic acids is 1. The number of amides is 1. The van der Waals surface area contributed by atoms with E-state index in [1.807, 2.05) is 27.2 Å². The number of aliphatic hydroxyl groups excluding tert-OH is 1. The largest absolute Gasteiger partial charge is 0.756 e. The minimum Gasteiger partial charge on any atom is -0.756 e. The lowest BCUT2D eigenvalue weighted by Gasteiger charge is -2.29. The molecule has 0 aliphatic rings. The summed E-state index contributed by atoms with van der Waals surface area (Å²) in [6, 6.07) is -0.912. The Morgan fingerprint density at radius 1 is 0.538 bits per heavy atom. The molecule has 0 aromatic carbocycles. The Morgan fingerprint density at radius 3 is 1.37 bits per heavy atom. The van der Waals surface area contributed by atoms with Crippen LogP contribution in [-0.4, -0.2) is 68.5 Å². The van der Waals surface area contributed by atoms with Crippen LogP contribution in [0, 0.1) is 0 Å². The second kappa shape index (κ2) is 47.0. The summed E-state index contributed by atoms with van der Waals surface area (Å²) >= 11 is 0. The van der Waals surface area contributed by atoms with Crippen molar-refractivity contribution in [3.63, 3.8) is 0 Å². The van der Waals surface area contributed by atoms with Crippen LogP contribution in [-0.2, 0) is 18.4 Å². The third-order valence-corrected chi connectivity index (χ3v) is 12.6. The van der Waals surface area contributed by atoms with Crippen molar-refractivity contribution < 1.29 is 32.9 Å². The van der Waals surface area contributed by atoms with Gasteiger partial charge in [0.1, 0.15) is 13.2 Å². The summed E-state index contributed by atoms with van der Waals surface area (Å²) in [5, 5.41) is 13.8. The molecule has 0 aliphatic carbocycles. The van der Waals surface area contributed by atoms with Gasteiger partial charge < -0.3 is 28.8 Å². The minimum absolute atomic E-state index is 0.0114. The summed E-state index contributed by atoms with van der Waals surface area (Å²) in [6.45, 7) is 4.58. The number of phosphoric ester groups is 1. The fourth-order valence-corrected chi connectivity index (χ4v) is 8.09. The standard InChI is InChI=1S/C56H103N2O6P/c1-6-8-10-12-14-16-18-20-22-23-24-25-26-27-28-29-30-31-32-33-34-35-36-38-40-42-44-46-48-50-56(60)57-54(53-64-65(61,62)63-52-51-58(3,4)5)55(59)49-47-45-43-41-39-37-21-19-17-15-13-11-9-7-2/h17-20,23-24,26-27,39,41,47,49,54-55,59H,6-16,21-22,25,28-38,40,42-46,48,50-53H2,1-5H3,(H-,57,60,61,62)/b19-17+,20-18-,24-23-,27-26-,41-39+,49-47+. The topological polar surface area (TPSA) is 108 Å². The molecule has 0 aliphatic heterocycles. The highest BCUT2D eigenvalue weighted by Gasteiger charge is 2.23. The van der Waals surface area contributed by atoms with E-state index in [4.69, 9.17) is 9.05 Å². The zero-order valence-electron chi connectivity index (χ0n) is 42.9. The molecule has 0 heterocycles. The van der Waals surface area contributed by atoms with Gasteiger partial charge in [-0.25, -0.2) is 0 Å². The molecule has 0 aromatic heterocycles. The fourth-order valence-electron chi connectivity index (χ4n) is 7.37. The molecule has 0 aromatic rings. The lowest BCUT2D eigenvalue weighted by molar-refractivity contribution is -0.870. The van der Waals surface area contributed by atoms with Crippen LogP contribution in [0.1, 0.15) is 226 Å². The zero-order valence-corrected chi connectivity index (χ0v) is 43.8. The monoisotopic (exact) mass is 931 g/mol. The summed E-state index contributed by atoms with van der Waals surface area (Å²) in [5.41, 5.74) is 0. The van der Waals surface area contributed by atoms with E-state index in [0.717, 1.165) is 64.2 Å². The average molecular weight is 931 g/mol. The highest BCUT2D eigenvalue weighted by molar-refractivity contribution is 7.45. The van der Waals surface area contributed by atoms with Crippen LogP contribution in [0.25, 0.3) is 0 Å².